The van der Waals surface area contributed by atoms with Gasteiger partial charge in [-0.1, -0.05) is 0 Å². The first-order valence-corrected chi connectivity index (χ1v) is 7.06. The molecule has 0 spiro atoms. The zero-order valence-corrected chi connectivity index (χ0v) is 11.3. The van der Waals surface area contributed by atoms with E-state index in [1.807, 2.05) is 6.92 Å². The third kappa shape index (κ3) is 3.54. The molecule has 2 heterocycles. The maximum atomic E-state index is 11.8. The topological polar surface area (TPSA) is 41.1 Å². The van der Waals surface area contributed by atoms with Gasteiger partial charge < -0.3 is 10.6 Å². The van der Waals surface area contributed by atoms with Crippen molar-refractivity contribution in [1.82, 2.24) is 10.6 Å². The van der Waals surface area contributed by atoms with Crippen LogP contribution in [0.25, 0.3) is 0 Å². The summed E-state index contributed by atoms with van der Waals surface area (Å²) in [6.45, 7) is 5.19. The first-order valence-electron chi connectivity index (χ1n) is 6.24. The lowest BCUT2D eigenvalue weighted by Crippen LogP contribution is -2.33. The summed E-state index contributed by atoms with van der Waals surface area (Å²) >= 11 is 1.75. The molecule has 1 aromatic heterocycles. The first kappa shape index (κ1) is 12.6. The van der Waals surface area contributed by atoms with Crippen LogP contribution in [0.5, 0.6) is 0 Å². The Morgan fingerprint density at radius 3 is 3.06 bits per heavy atom. The van der Waals surface area contributed by atoms with E-state index >= 15 is 0 Å². The fraction of sp³-hybridized carbons (Fsp3) is 0.615. The number of hydrogen-bond donors (Lipinski definition) is 2. The van der Waals surface area contributed by atoms with Crippen molar-refractivity contribution in [3.05, 3.63) is 21.9 Å². The molecule has 2 rings (SSSR count). The molecule has 1 aliphatic rings. The Morgan fingerprint density at radius 2 is 2.47 bits per heavy atom. The summed E-state index contributed by atoms with van der Waals surface area (Å²) in [6, 6.07) is 4.70. The Balaban J connectivity index is 1.81. The summed E-state index contributed by atoms with van der Waals surface area (Å²) in [6.07, 6.45) is 2.92. The second-order valence-electron chi connectivity index (χ2n) is 4.74. The minimum absolute atomic E-state index is 0.127. The lowest BCUT2D eigenvalue weighted by molar-refractivity contribution is -0.122. The standard InChI is InChI=1S/C13H20N2OS/c1-9-5-6-12(17-9)10(2)15-13(16)8-11-4-3-7-14-11/h5-6,10-11,14H,3-4,7-8H2,1-2H3,(H,15,16). The van der Waals surface area contributed by atoms with Crippen molar-refractivity contribution in [2.75, 3.05) is 6.54 Å². The lowest BCUT2D eigenvalue weighted by Gasteiger charge is -2.14. The van der Waals surface area contributed by atoms with Crippen LogP contribution in [0.3, 0.4) is 0 Å². The molecule has 2 unspecified atom stereocenters. The fourth-order valence-corrected chi connectivity index (χ4v) is 3.09. The molecule has 1 aromatic rings. The molecular formula is C13H20N2OS. The Labute approximate surface area is 107 Å². The predicted octanol–water partition coefficient (Wildman–Crippen LogP) is 2.38. The minimum atomic E-state index is 0.127. The molecule has 1 aliphatic heterocycles. The van der Waals surface area contributed by atoms with Gasteiger partial charge in [0.15, 0.2) is 0 Å². The largest absolute Gasteiger partial charge is 0.349 e. The predicted molar refractivity (Wildman–Crippen MR) is 71.3 cm³/mol. The van der Waals surface area contributed by atoms with E-state index in [0.29, 0.717) is 12.5 Å². The van der Waals surface area contributed by atoms with Crippen LogP contribution in [-0.2, 0) is 4.79 Å². The highest BCUT2D eigenvalue weighted by Crippen LogP contribution is 2.22. The average molecular weight is 252 g/mol. The summed E-state index contributed by atoms with van der Waals surface area (Å²) in [4.78, 5) is 14.4. The Kier molecular flexibility index (Phi) is 4.18. The van der Waals surface area contributed by atoms with Gasteiger partial charge in [0.1, 0.15) is 0 Å². The minimum Gasteiger partial charge on any atom is -0.349 e. The van der Waals surface area contributed by atoms with Gasteiger partial charge >= 0.3 is 0 Å². The van der Waals surface area contributed by atoms with E-state index in [-0.39, 0.29) is 11.9 Å². The highest BCUT2D eigenvalue weighted by molar-refractivity contribution is 7.12. The normalized spacial score (nSPS) is 21.4. The van der Waals surface area contributed by atoms with Gasteiger partial charge in [-0.05, 0) is 45.4 Å². The van der Waals surface area contributed by atoms with Gasteiger partial charge in [-0.3, -0.25) is 4.79 Å². The molecular weight excluding hydrogens is 232 g/mol. The fourth-order valence-electron chi connectivity index (χ4n) is 2.21. The number of nitrogens with one attached hydrogen (secondary N) is 2. The van der Waals surface area contributed by atoms with Crippen LogP contribution >= 0.6 is 11.3 Å². The Hall–Kier alpha value is -0.870. The van der Waals surface area contributed by atoms with Crippen LogP contribution in [0.4, 0.5) is 0 Å². The summed E-state index contributed by atoms with van der Waals surface area (Å²) in [5.41, 5.74) is 0. The number of amides is 1. The van der Waals surface area contributed by atoms with Crippen molar-refractivity contribution in [2.45, 2.75) is 45.2 Å². The maximum Gasteiger partial charge on any atom is 0.222 e. The van der Waals surface area contributed by atoms with E-state index in [2.05, 4.69) is 29.7 Å². The number of thiophene rings is 1. The summed E-state index contributed by atoms with van der Waals surface area (Å²) in [7, 11) is 0. The van der Waals surface area contributed by atoms with Crippen molar-refractivity contribution in [3.63, 3.8) is 0 Å². The molecule has 0 aromatic carbocycles. The molecule has 0 radical (unpaired) electrons. The highest BCUT2D eigenvalue weighted by Gasteiger charge is 2.19. The molecule has 0 saturated carbocycles. The molecule has 1 fully saturated rings. The van der Waals surface area contributed by atoms with Gasteiger partial charge in [-0.2, -0.15) is 0 Å². The smallest absolute Gasteiger partial charge is 0.222 e. The summed E-state index contributed by atoms with van der Waals surface area (Å²) < 4.78 is 0. The summed E-state index contributed by atoms with van der Waals surface area (Å²) in [5.74, 6) is 0.156. The van der Waals surface area contributed by atoms with Crippen LogP contribution in [0.2, 0.25) is 0 Å². The molecule has 1 saturated heterocycles. The monoisotopic (exact) mass is 252 g/mol. The number of carbonyl (C=O) groups excluding carboxylic acids is 1. The van der Waals surface area contributed by atoms with Gasteiger partial charge in [0.25, 0.3) is 0 Å². The SMILES string of the molecule is Cc1ccc(C(C)NC(=O)CC2CCCN2)s1. The van der Waals surface area contributed by atoms with Gasteiger partial charge in [-0.25, -0.2) is 0 Å². The Morgan fingerprint density at radius 1 is 1.65 bits per heavy atom. The van der Waals surface area contributed by atoms with E-state index < -0.39 is 0 Å². The molecule has 94 valence electrons. The lowest BCUT2D eigenvalue weighted by atomic mass is 10.1. The zero-order chi connectivity index (χ0) is 12.3. The quantitative estimate of drug-likeness (QED) is 0.864. The molecule has 4 heteroatoms. The molecule has 3 nitrogen and oxygen atoms in total. The van der Waals surface area contributed by atoms with E-state index in [4.69, 9.17) is 0 Å². The van der Waals surface area contributed by atoms with Crippen LogP contribution in [0.15, 0.2) is 12.1 Å². The summed E-state index contributed by atoms with van der Waals surface area (Å²) in [5, 5.41) is 6.41. The van der Waals surface area contributed by atoms with Crippen molar-refractivity contribution >= 4 is 17.2 Å². The number of aryl methyl sites for hydroxylation is 1. The molecule has 0 aliphatic carbocycles. The van der Waals surface area contributed by atoms with Crippen LogP contribution in [0, 0.1) is 6.92 Å². The third-order valence-electron chi connectivity index (χ3n) is 3.16. The number of carbonyl (C=O) groups is 1. The molecule has 1 amide bonds. The van der Waals surface area contributed by atoms with Gasteiger partial charge in [0, 0.05) is 22.2 Å². The van der Waals surface area contributed by atoms with E-state index in [0.717, 1.165) is 13.0 Å². The van der Waals surface area contributed by atoms with Crippen molar-refractivity contribution < 1.29 is 4.79 Å². The van der Waals surface area contributed by atoms with Crippen LogP contribution < -0.4 is 10.6 Å². The number of hydrogen-bond acceptors (Lipinski definition) is 3. The molecule has 2 atom stereocenters. The molecule has 2 N–H and O–H groups in total. The second-order valence-corrected chi connectivity index (χ2v) is 6.05. The molecule has 0 bridgehead atoms. The van der Waals surface area contributed by atoms with Crippen molar-refractivity contribution in [3.8, 4) is 0 Å². The Bertz CT molecular complexity index is 383. The van der Waals surface area contributed by atoms with Crippen molar-refractivity contribution in [2.24, 2.45) is 0 Å². The van der Waals surface area contributed by atoms with Gasteiger partial charge in [-0.15, -0.1) is 11.3 Å². The zero-order valence-electron chi connectivity index (χ0n) is 10.5. The van der Waals surface area contributed by atoms with Crippen LogP contribution in [0.1, 0.15) is 42.0 Å². The highest BCUT2D eigenvalue weighted by atomic mass is 32.1. The van der Waals surface area contributed by atoms with Gasteiger partial charge in [0.2, 0.25) is 5.91 Å². The number of rotatable bonds is 4. The van der Waals surface area contributed by atoms with E-state index in [1.165, 1.54) is 16.2 Å². The van der Waals surface area contributed by atoms with E-state index in [1.54, 1.807) is 11.3 Å². The first-order chi connectivity index (χ1) is 8.15. The van der Waals surface area contributed by atoms with Crippen LogP contribution in [-0.4, -0.2) is 18.5 Å². The van der Waals surface area contributed by atoms with Gasteiger partial charge in [0.05, 0.1) is 6.04 Å². The maximum absolute atomic E-state index is 11.8. The second kappa shape index (κ2) is 5.65. The van der Waals surface area contributed by atoms with E-state index in [9.17, 15) is 4.79 Å². The third-order valence-corrected chi connectivity index (χ3v) is 4.34. The van der Waals surface area contributed by atoms with Crippen molar-refractivity contribution in [1.29, 1.82) is 0 Å². The molecule has 17 heavy (non-hydrogen) atoms. The average Bonchev–Trinajstić information content (AvgIpc) is 2.89.